The lowest BCUT2D eigenvalue weighted by molar-refractivity contribution is -0.122. The molecule has 8 nitrogen and oxygen atoms in total. The molecule has 1 heterocycles. The summed E-state index contributed by atoms with van der Waals surface area (Å²) in [6.07, 6.45) is 2.36. The number of sulfonamides is 1. The van der Waals surface area contributed by atoms with E-state index in [-0.39, 0.29) is 43.8 Å². The van der Waals surface area contributed by atoms with Gasteiger partial charge < -0.3 is 16.0 Å². The Hall–Kier alpha value is -1.56. The summed E-state index contributed by atoms with van der Waals surface area (Å²) in [5.41, 5.74) is -5.27. The molecule has 12 heteroatoms. The Morgan fingerprint density at radius 1 is 1.12 bits per heavy atom. The number of nitrogens with zero attached hydrogens (tertiary/aromatic N) is 2. The SMILES string of the molecule is CN=C(NCCNC(=O)C1CC1)NC1CCN(S(=O)(=O)C(F)(F)F)CC1. The Labute approximate surface area is 150 Å². The third-order valence-corrected chi connectivity index (χ3v) is 5.95. The van der Waals surface area contributed by atoms with Crippen molar-refractivity contribution in [3.63, 3.8) is 0 Å². The molecule has 150 valence electrons. The summed E-state index contributed by atoms with van der Waals surface area (Å²) in [6.45, 7) is 0.500. The Bertz CT molecular complexity index is 626. The van der Waals surface area contributed by atoms with Crippen molar-refractivity contribution < 1.29 is 26.4 Å². The molecule has 2 fully saturated rings. The van der Waals surface area contributed by atoms with Crippen LogP contribution in [0.3, 0.4) is 0 Å². The number of halogens is 3. The number of piperidine rings is 1. The molecule has 1 saturated heterocycles. The van der Waals surface area contributed by atoms with Crippen LogP contribution >= 0.6 is 0 Å². The van der Waals surface area contributed by atoms with Crippen LogP contribution in [0.15, 0.2) is 4.99 Å². The van der Waals surface area contributed by atoms with Gasteiger partial charge in [-0.15, -0.1) is 0 Å². The van der Waals surface area contributed by atoms with E-state index in [1.807, 2.05) is 0 Å². The van der Waals surface area contributed by atoms with Gasteiger partial charge >= 0.3 is 15.5 Å². The van der Waals surface area contributed by atoms with E-state index in [1.165, 1.54) is 0 Å². The monoisotopic (exact) mass is 399 g/mol. The molecule has 2 aliphatic rings. The standard InChI is InChI=1S/C14H24F3N5O3S/c1-18-13(20-7-6-19-12(23)10-2-3-10)21-11-4-8-22(9-5-11)26(24,25)14(15,16)17/h10-11H,2-9H2,1H3,(H,19,23)(H2,18,20,21). The van der Waals surface area contributed by atoms with Gasteiger partial charge in [0.15, 0.2) is 5.96 Å². The third-order valence-electron chi connectivity index (χ3n) is 4.32. The van der Waals surface area contributed by atoms with E-state index in [1.54, 1.807) is 7.05 Å². The minimum Gasteiger partial charge on any atom is -0.355 e. The highest BCUT2D eigenvalue weighted by Gasteiger charge is 2.50. The second kappa shape index (κ2) is 8.42. The van der Waals surface area contributed by atoms with Crippen LogP contribution in [-0.2, 0) is 14.8 Å². The molecule has 0 aromatic carbocycles. The first-order chi connectivity index (χ1) is 12.1. The number of rotatable bonds is 6. The fourth-order valence-corrected chi connectivity index (χ4v) is 3.62. The van der Waals surface area contributed by atoms with Crippen molar-refractivity contribution in [3.8, 4) is 0 Å². The van der Waals surface area contributed by atoms with Crippen molar-refractivity contribution in [3.05, 3.63) is 0 Å². The maximum atomic E-state index is 12.6. The molecule has 0 unspecified atom stereocenters. The first kappa shape index (κ1) is 20.7. The average molecular weight is 399 g/mol. The number of hydrogen-bond acceptors (Lipinski definition) is 4. The van der Waals surface area contributed by atoms with Crippen molar-refractivity contribution in [2.24, 2.45) is 10.9 Å². The van der Waals surface area contributed by atoms with Gasteiger partial charge in [0.05, 0.1) is 0 Å². The van der Waals surface area contributed by atoms with Crippen molar-refractivity contribution in [2.45, 2.75) is 37.2 Å². The summed E-state index contributed by atoms with van der Waals surface area (Å²) >= 11 is 0. The summed E-state index contributed by atoms with van der Waals surface area (Å²) in [5, 5.41) is 8.87. The number of carbonyl (C=O) groups is 1. The van der Waals surface area contributed by atoms with Crippen LogP contribution in [0.4, 0.5) is 13.2 Å². The average Bonchev–Trinajstić information content (AvgIpc) is 3.42. The molecule has 1 aliphatic carbocycles. The number of amides is 1. The second-order valence-electron chi connectivity index (χ2n) is 6.33. The lowest BCUT2D eigenvalue weighted by Crippen LogP contribution is -2.52. The number of nitrogens with one attached hydrogen (secondary N) is 3. The highest BCUT2D eigenvalue weighted by atomic mass is 32.2. The molecule has 3 N–H and O–H groups in total. The number of hydrogen-bond donors (Lipinski definition) is 3. The van der Waals surface area contributed by atoms with E-state index in [2.05, 4.69) is 20.9 Å². The summed E-state index contributed by atoms with van der Waals surface area (Å²) in [4.78, 5) is 15.5. The molecule has 2 rings (SSSR count). The predicted molar refractivity (Wildman–Crippen MR) is 89.8 cm³/mol. The minimum absolute atomic E-state index is 0.0491. The van der Waals surface area contributed by atoms with E-state index in [0.29, 0.717) is 23.4 Å². The molecule has 1 saturated carbocycles. The molecule has 0 radical (unpaired) electrons. The second-order valence-corrected chi connectivity index (χ2v) is 8.26. The fourth-order valence-electron chi connectivity index (χ4n) is 2.63. The van der Waals surface area contributed by atoms with Crippen LogP contribution < -0.4 is 16.0 Å². The lowest BCUT2D eigenvalue weighted by atomic mass is 10.1. The molecule has 0 aromatic rings. The van der Waals surface area contributed by atoms with Crippen LogP contribution in [0.25, 0.3) is 0 Å². The summed E-state index contributed by atoms with van der Waals surface area (Å²) in [6, 6.07) is -0.179. The Morgan fingerprint density at radius 3 is 2.19 bits per heavy atom. The third kappa shape index (κ3) is 5.47. The summed E-state index contributed by atoms with van der Waals surface area (Å²) in [5.74, 6) is 0.654. The van der Waals surface area contributed by atoms with Gasteiger partial charge in [0.1, 0.15) is 0 Å². The zero-order valence-electron chi connectivity index (χ0n) is 14.5. The molecule has 26 heavy (non-hydrogen) atoms. The molecule has 1 amide bonds. The van der Waals surface area contributed by atoms with Gasteiger partial charge in [-0.2, -0.15) is 17.5 Å². The van der Waals surface area contributed by atoms with E-state index < -0.39 is 15.5 Å². The summed E-state index contributed by atoms with van der Waals surface area (Å²) < 4.78 is 60.9. The van der Waals surface area contributed by atoms with Crippen LogP contribution in [-0.4, -0.2) is 69.4 Å². The van der Waals surface area contributed by atoms with Crippen LogP contribution in [0, 0.1) is 5.92 Å². The molecule has 0 bridgehead atoms. The topological polar surface area (TPSA) is 103 Å². The smallest absolute Gasteiger partial charge is 0.355 e. The van der Waals surface area contributed by atoms with Gasteiger partial charge in [0.2, 0.25) is 5.91 Å². The van der Waals surface area contributed by atoms with Gasteiger partial charge in [-0.25, -0.2) is 8.42 Å². The highest BCUT2D eigenvalue weighted by molar-refractivity contribution is 7.90. The van der Waals surface area contributed by atoms with Gasteiger partial charge in [0, 0.05) is 45.2 Å². The maximum Gasteiger partial charge on any atom is 0.511 e. The molecule has 1 aliphatic heterocycles. The molecule has 0 spiro atoms. The number of aliphatic imine (C=N–C) groups is 1. The lowest BCUT2D eigenvalue weighted by Gasteiger charge is -2.32. The number of guanidine groups is 1. The van der Waals surface area contributed by atoms with Crippen molar-refractivity contribution >= 4 is 21.9 Å². The molecular formula is C14H24F3N5O3S. The summed E-state index contributed by atoms with van der Waals surface area (Å²) in [7, 11) is -3.71. The van der Waals surface area contributed by atoms with Crippen LogP contribution in [0.1, 0.15) is 25.7 Å². The molecule has 0 aromatic heterocycles. The Morgan fingerprint density at radius 2 is 1.69 bits per heavy atom. The van der Waals surface area contributed by atoms with E-state index in [4.69, 9.17) is 0 Å². The fraction of sp³-hybridized carbons (Fsp3) is 0.857. The van der Waals surface area contributed by atoms with Crippen molar-refractivity contribution in [1.29, 1.82) is 0 Å². The first-order valence-corrected chi connectivity index (χ1v) is 9.90. The first-order valence-electron chi connectivity index (χ1n) is 8.46. The normalized spacial score (nSPS) is 20.7. The van der Waals surface area contributed by atoms with Gasteiger partial charge in [-0.05, 0) is 25.7 Å². The van der Waals surface area contributed by atoms with Gasteiger partial charge in [0.25, 0.3) is 0 Å². The zero-order valence-corrected chi connectivity index (χ0v) is 15.3. The highest BCUT2D eigenvalue weighted by Crippen LogP contribution is 2.29. The predicted octanol–water partition coefficient (Wildman–Crippen LogP) is -0.00840. The van der Waals surface area contributed by atoms with Gasteiger partial charge in [-0.3, -0.25) is 9.79 Å². The van der Waals surface area contributed by atoms with E-state index in [0.717, 1.165) is 12.8 Å². The van der Waals surface area contributed by atoms with Crippen molar-refractivity contribution in [2.75, 3.05) is 33.2 Å². The van der Waals surface area contributed by atoms with Gasteiger partial charge in [-0.1, -0.05) is 0 Å². The minimum atomic E-state index is -5.27. The largest absolute Gasteiger partial charge is 0.511 e. The maximum absolute atomic E-state index is 12.6. The zero-order chi connectivity index (χ0) is 19.4. The van der Waals surface area contributed by atoms with E-state index >= 15 is 0 Å². The molecule has 0 atom stereocenters. The molecular weight excluding hydrogens is 375 g/mol. The van der Waals surface area contributed by atoms with E-state index in [9.17, 15) is 26.4 Å². The quantitative estimate of drug-likeness (QED) is 0.331. The number of carbonyl (C=O) groups excluding carboxylic acids is 1. The Balaban J connectivity index is 1.70. The van der Waals surface area contributed by atoms with Crippen LogP contribution in [0.5, 0.6) is 0 Å². The number of alkyl halides is 3. The van der Waals surface area contributed by atoms with Crippen molar-refractivity contribution in [1.82, 2.24) is 20.3 Å². The Kier molecular flexibility index (Phi) is 6.72. The van der Waals surface area contributed by atoms with Crippen LogP contribution in [0.2, 0.25) is 0 Å².